The maximum absolute atomic E-state index is 11.9. The van der Waals surface area contributed by atoms with E-state index in [1.54, 1.807) is 18.3 Å². The minimum atomic E-state index is -0.233. The maximum Gasteiger partial charge on any atom is 0.287 e. The molecule has 4 nitrogen and oxygen atoms in total. The zero-order chi connectivity index (χ0) is 14.5. The highest BCUT2D eigenvalue weighted by atomic mass is 16.3. The van der Waals surface area contributed by atoms with Crippen LogP contribution in [0.15, 0.2) is 71.5 Å². The lowest BCUT2D eigenvalue weighted by atomic mass is 10.1. The molecule has 0 aliphatic rings. The van der Waals surface area contributed by atoms with Crippen molar-refractivity contribution in [3.63, 3.8) is 0 Å². The van der Waals surface area contributed by atoms with Crippen molar-refractivity contribution < 1.29 is 9.21 Å². The second kappa shape index (κ2) is 6.05. The van der Waals surface area contributed by atoms with Gasteiger partial charge in [-0.15, -0.1) is 0 Å². The van der Waals surface area contributed by atoms with Gasteiger partial charge in [-0.2, -0.15) is 0 Å². The van der Waals surface area contributed by atoms with Crippen molar-refractivity contribution in [3.05, 3.63) is 78.4 Å². The molecule has 1 N–H and O–H groups in total. The van der Waals surface area contributed by atoms with Crippen molar-refractivity contribution in [2.75, 3.05) is 0 Å². The fourth-order valence-electron chi connectivity index (χ4n) is 2.11. The van der Waals surface area contributed by atoms with Gasteiger partial charge in [-0.25, -0.2) is 0 Å². The van der Waals surface area contributed by atoms with Gasteiger partial charge in [0, 0.05) is 18.3 Å². The van der Waals surface area contributed by atoms with Gasteiger partial charge in [0.15, 0.2) is 5.76 Å². The summed E-state index contributed by atoms with van der Waals surface area (Å²) in [6, 6.07) is 17.0. The number of hydrogen-bond acceptors (Lipinski definition) is 3. The number of carbonyl (C=O) groups excluding carboxylic acids is 1. The average molecular weight is 278 g/mol. The van der Waals surface area contributed by atoms with Crippen LogP contribution in [-0.4, -0.2) is 10.9 Å². The molecule has 2 heterocycles. The number of rotatable bonds is 4. The monoisotopic (exact) mass is 278 g/mol. The third-order valence-corrected chi connectivity index (χ3v) is 3.12. The van der Waals surface area contributed by atoms with Crippen molar-refractivity contribution in [3.8, 4) is 11.3 Å². The zero-order valence-electron chi connectivity index (χ0n) is 11.3. The molecule has 0 saturated carbocycles. The van der Waals surface area contributed by atoms with Gasteiger partial charge >= 0.3 is 0 Å². The summed E-state index contributed by atoms with van der Waals surface area (Å²) in [4.78, 5) is 16.3. The summed E-state index contributed by atoms with van der Waals surface area (Å²) in [6.07, 6.45) is 3.23. The van der Waals surface area contributed by atoms with Gasteiger partial charge in [-0.1, -0.05) is 36.4 Å². The van der Waals surface area contributed by atoms with E-state index in [2.05, 4.69) is 10.3 Å². The number of nitrogens with one attached hydrogen (secondary N) is 1. The van der Waals surface area contributed by atoms with Crippen LogP contribution in [0.25, 0.3) is 11.3 Å². The van der Waals surface area contributed by atoms with Crippen molar-refractivity contribution in [2.45, 2.75) is 6.54 Å². The van der Waals surface area contributed by atoms with Crippen molar-refractivity contribution in [1.29, 1.82) is 0 Å². The minimum absolute atomic E-state index is 0.233. The smallest absolute Gasteiger partial charge is 0.287 e. The molecular formula is C17H14N2O2. The molecule has 0 atom stereocenters. The lowest BCUT2D eigenvalue weighted by Crippen LogP contribution is -2.22. The molecule has 0 fully saturated rings. The Labute approximate surface area is 122 Å². The maximum atomic E-state index is 11.9. The van der Waals surface area contributed by atoms with Gasteiger partial charge < -0.3 is 9.73 Å². The molecule has 21 heavy (non-hydrogen) atoms. The Bertz CT molecular complexity index is 722. The van der Waals surface area contributed by atoms with E-state index in [-0.39, 0.29) is 5.91 Å². The molecule has 104 valence electrons. The molecule has 0 aliphatic carbocycles. The Morgan fingerprint density at radius 2 is 1.90 bits per heavy atom. The first-order valence-corrected chi connectivity index (χ1v) is 6.65. The van der Waals surface area contributed by atoms with Crippen LogP contribution in [0, 0.1) is 0 Å². The van der Waals surface area contributed by atoms with Crippen LogP contribution in [0.3, 0.4) is 0 Å². The second-order valence-corrected chi connectivity index (χ2v) is 4.54. The first-order chi connectivity index (χ1) is 10.3. The number of furan rings is 1. The predicted molar refractivity (Wildman–Crippen MR) is 79.6 cm³/mol. The van der Waals surface area contributed by atoms with Gasteiger partial charge in [0.05, 0.1) is 12.0 Å². The summed E-state index contributed by atoms with van der Waals surface area (Å²) in [7, 11) is 0. The van der Waals surface area contributed by atoms with E-state index in [4.69, 9.17) is 4.42 Å². The third kappa shape index (κ3) is 3.00. The highest BCUT2D eigenvalue weighted by Gasteiger charge is 2.10. The van der Waals surface area contributed by atoms with Crippen LogP contribution < -0.4 is 5.32 Å². The molecule has 2 aromatic heterocycles. The third-order valence-electron chi connectivity index (χ3n) is 3.12. The quantitative estimate of drug-likeness (QED) is 0.797. The first-order valence-electron chi connectivity index (χ1n) is 6.65. The van der Waals surface area contributed by atoms with E-state index in [1.807, 2.05) is 42.5 Å². The highest BCUT2D eigenvalue weighted by Crippen LogP contribution is 2.20. The Balaban J connectivity index is 1.79. The molecule has 4 heteroatoms. The number of benzene rings is 1. The second-order valence-electron chi connectivity index (χ2n) is 4.54. The van der Waals surface area contributed by atoms with Gasteiger partial charge in [-0.3, -0.25) is 9.78 Å². The van der Waals surface area contributed by atoms with Gasteiger partial charge in [-0.05, 0) is 23.8 Å². The van der Waals surface area contributed by atoms with Crippen LogP contribution in [0.4, 0.5) is 0 Å². The van der Waals surface area contributed by atoms with Crippen molar-refractivity contribution >= 4 is 5.91 Å². The minimum Gasteiger partial charge on any atom is -0.459 e. The summed E-state index contributed by atoms with van der Waals surface area (Å²) in [5, 5.41) is 2.84. The van der Waals surface area contributed by atoms with Crippen molar-refractivity contribution in [1.82, 2.24) is 10.3 Å². The van der Waals surface area contributed by atoms with Gasteiger partial charge in [0.25, 0.3) is 5.91 Å². The van der Waals surface area contributed by atoms with Gasteiger partial charge in [0.2, 0.25) is 0 Å². The standard InChI is InChI=1S/C17H14N2O2/c20-17(15-9-5-11-21-15)19-12-14-8-4-10-18-16(14)13-6-2-1-3-7-13/h1-11H,12H2,(H,19,20). The van der Waals surface area contributed by atoms with E-state index in [1.165, 1.54) is 6.26 Å². The Hall–Kier alpha value is -2.88. The Morgan fingerprint density at radius 1 is 1.05 bits per heavy atom. The summed E-state index contributed by atoms with van der Waals surface area (Å²) in [6.45, 7) is 0.400. The van der Waals surface area contributed by atoms with E-state index in [0.717, 1.165) is 16.8 Å². The molecular weight excluding hydrogens is 264 g/mol. The summed E-state index contributed by atoms with van der Waals surface area (Å²) in [5.74, 6) is 0.0722. The molecule has 0 spiro atoms. The molecule has 1 amide bonds. The first kappa shape index (κ1) is 13.1. The van der Waals surface area contributed by atoms with E-state index >= 15 is 0 Å². The number of nitrogens with zero attached hydrogens (tertiary/aromatic N) is 1. The molecule has 3 aromatic rings. The topological polar surface area (TPSA) is 55.1 Å². The summed E-state index contributed by atoms with van der Waals surface area (Å²) in [5.41, 5.74) is 2.86. The van der Waals surface area contributed by atoms with Crippen LogP contribution in [0.5, 0.6) is 0 Å². The normalized spacial score (nSPS) is 10.3. The summed E-state index contributed by atoms with van der Waals surface area (Å²) < 4.78 is 5.07. The van der Waals surface area contributed by atoms with E-state index in [9.17, 15) is 4.79 Å². The predicted octanol–water partition coefficient (Wildman–Crippen LogP) is 3.27. The molecule has 0 radical (unpaired) electrons. The molecule has 1 aromatic carbocycles. The van der Waals surface area contributed by atoms with Crippen LogP contribution >= 0.6 is 0 Å². The number of amides is 1. The average Bonchev–Trinajstić information content (AvgIpc) is 3.08. The van der Waals surface area contributed by atoms with Crippen LogP contribution in [0.2, 0.25) is 0 Å². The van der Waals surface area contributed by atoms with E-state index < -0.39 is 0 Å². The van der Waals surface area contributed by atoms with E-state index in [0.29, 0.717) is 12.3 Å². The van der Waals surface area contributed by atoms with Gasteiger partial charge in [0.1, 0.15) is 0 Å². The zero-order valence-corrected chi connectivity index (χ0v) is 11.3. The fourth-order valence-corrected chi connectivity index (χ4v) is 2.11. The SMILES string of the molecule is O=C(NCc1cccnc1-c1ccccc1)c1ccco1. The lowest BCUT2D eigenvalue weighted by molar-refractivity contribution is 0.0923. The molecule has 3 rings (SSSR count). The number of aromatic nitrogens is 1. The fraction of sp³-hybridized carbons (Fsp3) is 0.0588. The summed E-state index contributed by atoms with van der Waals surface area (Å²) >= 11 is 0. The number of pyridine rings is 1. The van der Waals surface area contributed by atoms with Crippen LogP contribution in [0.1, 0.15) is 16.1 Å². The van der Waals surface area contributed by atoms with Crippen molar-refractivity contribution in [2.24, 2.45) is 0 Å². The number of hydrogen-bond donors (Lipinski definition) is 1. The lowest BCUT2D eigenvalue weighted by Gasteiger charge is -2.09. The molecule has 0 saturated heterocycles. The Morgan fingerprint density at radius 3 is 2.67 bits per heavy atom. The van der Waals surface area contributed by atoms with Crippen LogP contribution in [-0.2, 0) is 6.54 Å². The Kier molecular flexibility index (Phi) is 3.78. The highest BCUT2D eigenvalue weighted by molar-refractivity contribution is 5.91. The molecule has 0 aliphatic heterocycles. The largest absolute Gasteiger partial charge is 0.459 e. The molecule has 0 unspecified atom stereocenters. The molecule has 0 bridgehead atoms. The number of carbonyl (C=O) groups is 1.